The lowest BCUT2D eigenvalue weighted by Crippen LogP contribution is -2.26. The van der Waals surface area contributed by atoms with Crippen LogP contribution < -0.4 is 4.90 Å². The van der Waals surface area contributed by atoms with Crippen LogP contribution in [-0.2, 0) is 4.79 Å². The van der Waals surface area contributed by atoms with Crippen molar-refractivity contribution in [1.29, 1.82) is 0 Å². The van der Waals surface area contributed by atoms with Gasteiger partial charge in [0.05, 0.1) is 0 Å². The predicted molar refractivity (Wildman–Crippen MR) is 74.4 cm³/mol. The largest absolute Gasteiger partial charge is 0.375 e. The third-order valence-electron chi connectivity index (χ3n) is 3.41. The smallest absolute Gasteiger partial charge is 0.252 e. The number of anilines is 1. The Morgan fingerprint density at radius 3 is 2.44 bits per heavy atom. The highest BCUT2D eigenvalue weighted by Gasteiger charge is 2.14. The molecule has 1 aromatic carbocycles. The summed E-state index contributed by atoms with van der Waals surface area (Å²) in [5, 5.41) is 0. The number of rotatable bonds is 3. The molecule has 1 heterocycles. The van der Waals surface area contributed by atoms with Gasteiger partial charge in [-0.25, -0.2) is 0 Å². The standard InChI is InChI=1S/C15H20N2O/c1-13(17-10-6-7-11-17)12-15(18)16(2)14-8-4-3-5-9-14/h3-5,8-9,12H,6-7,10-11H2,1-2H3. The summed E-state index contributed by atoms with van der Waals surface area (Å²) in [6, 6.07) is 9.72. The summed E-state index contributed by atoms with van der Waals surface area (Å²) in [7, 11) is 1.81. The Balaban J connectivity index is 2.05. The molecular formula is C15H20N2O. The number of likely N-dealkylation sites (N-methyl/N-ethyl adjacent to an activating group) is 1. The molecule has 1 fully saturated rings. The van der Waals surface area contributed by atoms with Gasteiger partial charge in [-0.3, -0.25) is 4.79 Å². The Bertz CT molecular complexity index is 433. The number of likely N-dealkylation sites (tertiary alicyclic amines) is 1. The van der Waals surface area contributed by atoms with Crippen molar-refractivity contribution in [1.82, 2.24) is 4.90 Å². The number of carbonyl (C=O) groups is 1. The highest BCUT2D eigenvalue weighted by molar-refractivity contribution is 6.01. The van der Waals surface area contributed by atoms with Crippen LogP contribution in [0.5, 0.6) is 0 Å². The van der Waals surface area contributed by atoms with E-state index >= 15 is 0 Å². The predicted octanol–water partition coefficient (Wildman–Crippen LogP) is 2.65. The highest BCUT2D eigenvalue weighted by Crippen LogP contribution is 2.16. The van der Waals surface area contributed by atoms with Crippen LogP contribution in [0.4, 0.5) is 5.69 Å². The van der Waals surface area contributed by atoms with E-state index in [-0.39, 0.29) is 5.91 Å². The van der Waals surface area contributed by atoms with E-state index in [1.165, 1.54) is 12.8 Å². The number of hydrogen-bond acceptors (Lipinski definition) is 2. The number of hydrogen-bond donors (Lipinski definition) is 0. The number of allylic oxidation sites excluding steroid dienone is 1. The molecule has 0 radical (unpaired) electrons. The highest BCUT2D eigenvalue weighted by atomic mass is 16.2. The third kappa shape index (κ3) is 2.92. The van der Waals surface area contributed by atoms with Gasteiger partial charge in [0.25, 0.3) is 5.91 Å². The van der Waals surface area contributed by atoms with Crippen molar-refractivity contribution in [3.63, 3.8) is 0 Å². The number of amides is 1. The Kier molecular flexibility index (Phi) is 4.03. The second-order valence-corrected chi connectivity index (χ2v) is 4.71. The van der Waals surface area contributed by atoms with Crippen molar-refractivity contribution < 1.29 is 4.79 Å². The van der Waals surface area contributed by atoms with Crippen LogP contribution in [0.25, 0.3) is 0 Å². The number of nitrogens with zero attached hydrogens (tertiary/aromatic N) is 2. The van der Waals surface area contributed by atoms with Crippen molar-refractivity contribution in [2.75, 3.05) is 25.0 Å². The van der Waals surface area contributed by atoms with E-state index in [0.717, 1.165) is 24.5 Å². The van der Waals surface area contributed by atoms with Crippen molar-refractivity contribution >= 4 is 11.6 Å². The Morgan fingerprint density at radius 2 is 1.83 bits per heavy atom. The van der Waals surface area contributed by atoms with E-state index in [9.17, 15) is 4.79 Å². The first kappa shape index (κ1) is 12.7. The minimum atomic E-state index is 0.0330. The quantitative estimate of drug-likeness (QED) is 0.763. The first-order valence-corrected chi connectivity index (χ1v) is 6.44. The zero-order chi connectivity index (χ0) is 13.0. The molecule has 2 rings (SSSR count). The fourth-order valence-electron chi connectivity index (χ4n) is 2.22. The molecule has 18 heavy (non-hydrogen) atoms. The summed E-state index contributed by atoms with van der Waals surface area (Å²) in [6.07, 6.45) is 4.19. The molecule has 0 unspecified atom stereocenters. The van der Waals surface area contributed by atoms with Crippen molar-refractivity contribution in [2.45, 2.75) is 19.8 Å². The fraction of sp³-hybridized carbons (Fsp3) is 0.400. The van der Waals surface area contributed by atoms with E-state index in [0.29, 0.717) is 0 Å². The molecule has 1 saturated heterocycles. The SMILES string of the molecule is CC(=CC(=O)N(C)c1ccccc1)N1CCCC1. The first-order valence-electron chi connectivity index (χ1n) is 6.44. The molecular weight excluding hydrogens is 224 g/mol. The molecule has 0 aromatic heterocycles. The van der Waals surface area contributed by atoms with Gasteiger partial charge < -0.3 is 9.80 Å². The molecule has 0 atom stereocenters. The molecule has 1 aliphatic rings. The van der Waals surface area contributed by atoms with Crippen LogP contribution in [0.1, 0.15) is 19.8 Å². The number of carbonyl (C=O) groups excluding carboxylic acids is 1. The summed E-state index contributed by atoms with van der Waals surface area (Å²) in [6.45, 7) is 4.16. The molecule has 1 aromatic rings. The maximum Gasteiger partial charge on any atom is 0.252 e. The van der Waals surface area contributed by atoms with E-state index < -0.39 is 0 Å². The lowest BCUT2D eigenvalue weighted by atomic mass is 10.3. The van der Waals surface area contributed by atoms with E-state index in [2.05, 4.69) is 4.90 Å². The Labute approximate surface area is 109 Å². The lowest BCUT2D eigenvalue weighted by Gasteiger charge is -2.20. The maximum atomic E-state index is 12.1. The molecule has 0 saturated carbocycles. The van der Waals surface area contributed by atoms with E-state index in [4.69, 9.17) is 0 Å². The molecule has 1 amide bonds. The zero-order valence-electron chi connectivity index (χ0n) is 11.1. The zero-order valence-corrected chi connectivity index (χ0v) is 11.1. The van der Waals surface area contributed by atoms with Gasteiger partial charge in [0.2, 0.25) is 0 Å². The van der Waals surface area contributed by atoms with Crippen LogP contribution in [0.3, 0.4) is 0 Å². The van der Waals surface area contributed by atoms with Gasteiger partial charge >= 0.3 is 0 Å². The molecule has 96 valence electrons. The summed E-state index contributed by atoms with van der Waals surface area (Å²) in [5.41, 5.74) is 1.99. The second kappa shape index (κ2) is 5.71. The van der Waals surface area contributed by atoms with Crippen molar-refractivity contribution in [3.05, 3.63) is 42.1 Å². The monoisotopic (exact) mass is 244 g/mol. The van der Waals surface area contributed by atoms with Crippen molar-refractivity contribution in [3.8, 4) is 0 Å². The van der Waals surface area contributed by atoms with Gasteiger partial charge in [-0.2, -0.15) is 0 Å². The summed E-state index contributed by atoms with van der Waals surface area (Å²) in [5.74, 6) is 0.0330. The lowest BCUT2D eigenvalue weighted by molar-refractivity contribution is -0.114. The van der Waals surface area contributed by atoms with Crippen molar-refractivity contribution in [2.24, 2.45) is 0 Å². The third-order valence-corrected chi connectivity index (χ3v) is 3.41. The molecule has 1 aliphatic heterocycles. The fourth-order valence-corrected chi connectivity index (χ4v) is 2.22. The van der Waals surface area contributed by atoms with Gasteiger partial charge in [0.15, 0.2) is 0 Å². The molecule has 0 N–H and O–H groups in total. The average molecular weight is 244 g/mol. The van der Waals surface area contributed by atoms with Crippen LogP contribution >= 0.6 is 0 Å². The normalized spacial score (nSPS) is 15.9. The first-order chi connectivity index (χ1) is 8.68. The van der Waals surface area contributed by atoms with E-state index in [1.807, 2.05) is 44.3 Å². The summed E-state index contributed by atoms with van der Waals surface area (Å²) < 4.78 is 0. The van der Waals surface area contributed by atoms with Gasteiger partial charge in [0, 0.05) is 37.6 Å². The Hall–Kier alpha value is -1.77. The van der Waals surface area contributed by atoms with Gasteiger partial charge in [-0.1, -0.05) is 18.2 Å². The van der Waals surface area contributed by atoms with Crippen LogP contribution in [0.15, 0.2) is 42.1 Å². The second-order valence-electron chi connectivity index (χ2n) is 4.71. The maximum absolute atomic E-state index is 12.1. The molecule has 0 aliphatic carbocycles. The average Bonchev–Trinajstić information content (AvgIpc) is 2.92. The number of benzene rings is 1. The van der Waals surface area contributed by atoms with E-state index in [1.54, 1.807) is 11.0 Å². The Morgan fingerprint density at radius 1 is 1.22 bits per heavy atom. The minimum Gasteiger partial charge on any atom is -0.375 e. The van der Waals surface area contributed by atoms with Crippen LogP contribution in [-0.4, -0.2) is 30.9 Å². The summed E-state index contributed by atoms with van der Waals surface area (Å²) >= 11 is 0. The molecule has 0 bridgehead atoms. The number of para-hydroxylation sites is 1. The molecule has 3 nitrogen and oxygen atoms in total. The minimum absolute atomic E-state index is 0.0330. The molecule has 3 heteroatoms. The van der Waals surface area contributed by atoms with Gasteiger partial charge in [-0.15, -0.1) is 0 Å². The topological polar surface area (TPSA) is 23.6 Å². The van der Waals surface area contributed by atoms with Crippen LogP contribution in [0.2, 0.25) is 0 Å². The van der Waals surface area contributed by atoms with Gasteiger partial charge in [0.1, 0.15) is 0 Å². The summed E-state index contributed by atoms with van der Waals surface area (Å²) in [4.78, 5) is 16.1. The van der Waals surface area contributed by atoms with Gasteiger partial charge in [-0.05, 0) is 31.9 Å². The molecule has 0 spiro atoms. The van der Waals surface area contributed by atoms with Crippen LogP contribution in [0, 0.1) is 0 Å².